The smallest absolute Gasteiger partial charge is 0.266 e. The molecular formula is C18H26ClFN6O2S2. The number of aromatic nitrogens is 2. The molecule has 1 atom stereocenters. The number of nitrogens with zero attached hydrogens (tertiary/aromatic N) is 2. The normalized spacial score (nSPS) is 17.1. The molecule has 2 heterocycles. The second-order valence-corrected chi connectivity index (χ2v) is 9.94. The van der Waals surface area contributed by atoms with Gasteiger partial charge in [-0.3, -0.25) is 4.72 Å². The number of sulfonamides is 1. The minimum Gasteiger partial charge on any atom is -0.384 e. The van der Waals surface area contributed by atoms with Gasteiger partial charge in [-0.15, -0.1) is 0 Å². The third kappa shape index (κ3) is 6.74. The average Bonchev–Trinajstić information content (AvgIpc) is 3.22. The van der Waals surface area contributed by atoms with E-state index in [2.05, 4.69) is 30.0 Å². The fourth-order valence-corrected chi connectivity index (χ4v) is 5.27. The van der Waals surface area contributed by atoms with E-state index in [4.69, 9.17) is 11.6 Å². The molecule has 1 saturated heterocycles. The molecule has 1 fully saturated rings. The molecule has 30 heavy (non-hydrogen) atoms. The molecule has 1 aromatic heterocycles. The van der Waals surface area contributed by atoms with E-state index in [0.717, 1.165) is 56.1 Å². The SMILES string of the molecule is O=S(=O)(Nc1ncns1)c1cc(Cl)c(NCCCCNC[C@H]2CCCCN2)cc1F. The monoisotopic (exact) mass is 476 g/mol. The lowest BCUT2D eigenvalue weighted by Gasteiger charge is -2.23. The Balaban J connectivity index is 1.43. The van der Waals surface area contributed by atoms with E-state index in [9.17, 15) is 12.8 Å². The summed E-state index contributed by atoms with van der Waals surface area (Å²) in [5.41, 5.74) is 0.364. The van der Waals surface area contributed by atoms with E-state index in [0.29, 0.717) is 18.3 Å². The van der Waals surface area contributed by atoms with Crippen molar-refractivity contribution in [1.29, 1.82) is 0 Å². The van der Waals surface area contributed by atoms with Crippen molar-refractivity contribution < 1.29 is 12.8 Å². The predicted octanol–water partition coefficient (Wildman–Crippen LogP) is 3.06. The van der Waals surface area contributed by atoms with Gasteiger partial charge >= 0.3 is 0 Å². The summed E-state index contributed by atoms with van der Waals surface area (Å²) in [5.74, 6) is -0.888. The Morgan fingerprint density at radius 2 is 2.10 bits per heavy atom. The lowest BCUT2D eigenvalue weighted by molar-refractivity contribution is 0.383. The third-order valence-electron chi connectivity index (χ3n) is 4.79. The van der Waals surface area contributed by atoms with Crippen molar-refractivity contribution in [1.82, 2.24) is 20.0 Å². The minimum atomic E-state index is -4.14. The standard InChI is InChI=1S/C18H26ClFN6O2S2/c19-14-9-17(30(27,28)26-18-24-12-25-29-18)15(20)10-16(14)23-8-4-3-6-21-11-13-5-1-2-7-22-13/h9-10,12-13,21-23H,1-8,11H2,(H,24,25,26)/t13-/m1/s1. The van der Waals surface area contributed by atoms with Gasteiger partial charge in [0.2, 0.25) is 5.13 Å². The summed E-state index contributed by atoms with van der Waals surface area (Å²) in [4.78, 5) is 3.20. The number of piperidine rings is 1. The molecule has 0 bridgehead atoms. The summed E-state index contributed by atoms with van der Waals surface area (Å²) in [6.45, 7) is 3.60. The number of rotatable bonds is 11. The maximum absolute atomic E-state index is 14.4. The summed E-state index contributed by atoms with van der Waals surface area (Å²) in [7, 11) is -4.14. The van der Waals surface area contributed by atoms with Gasteiger partial charge in [0.1, 0.15) is 17.0 Å². The second kappa shape index (κ2) is 11.2. The van der Waals surface area contributed by atoms with Crippen LogP contribution in [-0.2, 0) is 10.0 Å². The number of benzene rings is 1. The van der Waals surface area contributed by atoms with Gasteiger partial charge in [-0.1, -0.05) is 18.0 Å². The average molecular weight is 477 g/mol. The molecule has 0 unspecified atom stereocenters. The maximum Gasteiger partial charge on any atom is 0.266 e. The lowest BCUT2D eigenvalue weighted by atomic mass is 10.1. The first-order valence-electron chi connectivity index (χ1n) is 9.92. The molecule has 2 aromatic rings. The zero-order valence-electron chi connectivity index (χ0n) is 16.5. The maximum atomic E-state index is 14.4. The minimum absolute atomic E-state index is 0.0561. The van der Waals surface area contributed by atoms with Crippen LogP contribution in [0.4, 0.5) is 15.2 Å². The van der Waals surface area contributed by atoms with Crippen molar-refractivity contribution in [3.63, 3.8) is 0 Å². The Morgan fingerprint density at radius 1 is 1.27 bits per heavy atom. The number of anilines is 2. The first-order valence-corrected chi connectivity index (χ1v) is 12.6. The number of unbranched alkanes of at least 4 members (excludes halogenated alkanes) is 1. The van der Waals surface area contributed by atoms with Gasteiger partial charge in [0.15, 0.2) is 0 Å². The van der Waals surface area contributed by atoms with E-state index in [1.807, 2.05) is 0 Å². The summed E-state index contributed by atoms with van der Waals surface area (Å²) in [6, 6.07) is 2.76. The topological polar surface area (TPSA) is 108 Å². The van der Waals surface area contributed by atoms with Crippen LogP contribution in [0.1, 0.15) is 32.1 Å². The summed E-state index contributed by atoms with van der Waals surface area (Å²) in [6.07, 6.45) is 6.83. The summed E-state index contributed by atoms with van der Waals surface area (Å²) >= 11 is 7.03. The quantitative estimate of drug-likeness (QED) is 0.369. The Labute approximate surface area is 185 Å². The van der Waals surface area contributed by atoms with Gasteiger partial charge in [0.05, 0.1) is 10.7 Å². The van der Waals surface area contributed by atoms with Gasteiger partial charge in [0.25, 0.3) is 10.0 Å². The molecule has 8 nitrogen and oxygen atoms in total. The second-order valence-electron chi connectivity index (χ2n) is 7.10. The Hall–Kier alpha value is -1.53. The number of hydrogen-bond acceptors (Lipinski definition) is 8. The predicted molar refractivity (Wildman–Crippen MR) is 118 cm³/mol. The first kappa shape index (κ1) is 23.1. The van der Waals surface area contributed by atoms with E-state index < -0.39 is 20.7 Å². The molecule has 0 radical (unpaired) electrons. The number of hydrogen-bond donors (Lipinski definition) is 4. The first-order chi connectivity index (χ1) is 14.5. The van der Waals surface area contributed by atoms with E-state index in [1.54, 1.807) is 0 Å². The molecule has 166 valence electrons. The highest BCUT2D eigenvalue weighted by molar-refractivity contribution is 7.93. The fraction of sp³-hybridized carbons (Fsp3) is 0.556. The van der Waals surface area contributed by atoms with Crippen LogP contribution < -0.4 is 20.7 Å². The van der Waals surface area contributed by atoms with Gasteiger partial charge in [-0.25, -0.2) is 17.8 Å². The zero-order chi connectivity index (χ0) is 21.4. The molecule has 12 heteroatoms. The van der Waals surface area contributed by atoms with Gasteiger partial charge in [0, 0.05) is 30.7 Å². The van der Waals surface area contributed by atoms with Gasteiger partial charge in [-0.2, -0.15) is 4.37 Å². The lowest BCUT2D eigenvalue weighted by Crippen LogP contribution is -2.41. The van der Waals surface area contributed by atoms with Crippen LogP contribution in [0.5, 0.6) is 0 Å². The summed E-state index contributed by atoms with van der Waals surface area (Å²) in [5, 5.41) is 10.2. The molecule has 0 amide bonds. The van der Waals surface area contributed by atoms with E-state index in [1.165, 1.54) is 25.6 Å². The highest BCUT2D eigenvalue weighted by atomic mass is 35.5. The molecule has 0 spiro atoms. The number of nitrogens with one attached hydrogen (secondary N) is 4. The van der Waals surface area contributed by atoms with Crippen molar-refractivity contribution in [2.24, 2.45) is 0 Å². The van der Waals surface area contributed by atoms with Crippen LogP contribution >= 0.6 is 23.1 Å². The molecule has 4 N–H and O–H groups in total. The fourth-order valence-electron chi connectivity index (χ4n) is 3.23. The van der Waals surface area contributed by atoms with Crippen LogP contribution in [0, 0.1) is 5.82 Å². The third-order valence-corrected chi connectivity index (χ3v) is 7.17. The van der Waals surface area contributed by atoms with Crippen molar-refractivity contribution in [2.45, 2.75) is 43.0 Å². The van der Waals surface area contributed by atoms with Crippen LogP contribution in [-0.4, -0.2) is 50.0 Å². The van der Waals surface area contributed by atoms with Crippen LogP contribution in [0.2, 0.25) is 5.02 Å². The van der Waals surface area contributed by atoms with Gasteiger partial charge < -0.3 is 16.0 Å². The van der Waals surface area contributed by atoms with Crippen molar-refractivity contribution in [2.75, 3.05) is 36.2 Å². The highest BCUT2D eigenvalue weighted by Gasteiger charge is 2.22. The van der Waals surface area contributed by atoms with Crippen LogP contribution in [0.3, 0.4) is 0 Å². The van der Waals surface area contributed by atoms with Crippen molar-refractivity contribution in [3.8, 4) is 0 Å². The van der Waals surface area contributed by atoms with Crippen molar-refractivity contribution >= 4 is 44.0 Å². The zero-order valence-corrected chi connectivity index (χ0v) is 18.8. The Morgan fingerprint density at radius 3 is 2.83 bits per heavy atom. The number of halogens is 2. The highest BCUT2D eigenvalue weighted by Crippen LogP contribution is 2.29. The molecule has 3 rings (SSSR count). The molecule has 0 saturated carbocycles. The molecule has 1 aliphatic heterocycles. The Kier molecular flexibility index (Phi) is 8.63. The van der Waals surface area contributed by atoms with Crippen molar-refractivity contribution in [3.05, 3.63) is 29.3 Å². The molecule has 1 aliphatic rings. The van der Waals surface area contributed by atoms with E-state index in [-0.39, 0.29) is 10.2 Å². The summed E-state index contributed by atoms with van der Waals surface area (Å²) < 4.78 is 45.0. The largest absolute Gasteiger partial charge is 0.384 e. The van der Waals surface area contributed by atoms with Gasteiger partial charge in [-0.05, 0) is 50.9 Å². The molecule has 1 aromatic carbocycles. The Bertz CT molecular complexity index is 908. The molecule has 0 aliphatic carbocycles. The van der Waals surface area contributed by atoms with E-state index >= 15 is 0 Å². The van der Waals surface area contributed by atoms with Crippen LogP contribution in [0.15, 0.2) is 23.4 Å². The van der Waals surface area contributed by atoms with Crippen LogP contribution in [0.25, 0.3) is 0 Å². The molecular weight excluding hydrogens is 451 g/mol.